The van der Waals surface area contributed by atoms with Gasteiger partial charge in [-0.1, -0.05) is 12.1 Å². The van der Waals surface area contributed by atoms with Crippen molar-refractivity contribution in [2.24, 2.45) is 5.73 Å². The van der Waals surface area contributed by atoms with Gasteiger partial charge in [0, 0.05) is 17.9 Å². The SMILES string of the molecule is NC(CCc1ccccn1)c1ccc(C(F)(F)F)c(F)c1. The van der Waals surface area contributed by atoms with Crippen LogP contribution in [-0.4, -0.2) is 4.98 Å². The molecule has 0 aliphatic heterocycles. The maximum Gasteiger partial charge on any atom is 0.419 e. The average molecular weight is 298 g/mol. The van der Waals surface area contributed by atoms with E-state index in [1.165, 1.54) is 6.07 Å². The van der Waals surface area contributed by atoms with Crippen LogP contribution in [0.5, 0.6) is 0 Å². The summed E-state index contributed by atoms with van der Waals surface area (Å²) in [5, 5.41) is 0. The molecule has 2 nitrogen and oxygen atoms in total. The topological polar surface area (TPSA) is 38.9 Å². The lowest BCUT2D eigenvalue weighted by atomic mass is 10.00. The van der Waals surface area contributed by atoms with Crippen molar-refractivity contribution in [3.63, 3.8) is 0 Å². The first-order chi connectivity index (χ1) is 9.88. The highest BCUT2D eigenvalue weighted by Gasteiger charge is 2.34. The highest BCUT2D eigenvalue weighted by Crippen LogP contribution is 2.32. The number of aromatic nitrogens is 1. The average Bonchev–Trinajstić information content (AvgIpc) is 2.44. The maximum absolute atomic E-state index is 13.5. The third kappa shape index (κ3) is 4.01. The number of nitrogens with two attached hydrogens (primary N) is 1. The molecule has 1 aromatic carbocycles. The number of halogens is 4. The van der Waals surface area contributed by atoms with Gasteiger partial charge in [0.1, 0.15) is 5.82 Å². The lowest BCUT2D eigenvalue weighted by Crippen LogP contribution is -2.14. The van der Waals surface area contributed by atoms with Crippen LogP contribution >= 0.6 is 0 Å². The Kier molecular flexibility index (Phi) is 4.57. The van der Waals surface area contributed by atoms with Gasteiger partial charge in [0.05, 0.1) is 5.56 Å². The van der Waals surface area contributed by atoms with Crippen molar-refractivity contribution in [3.8, 4) is 0 Å². The molecule has 0 saturated carbocycles. The summed E-state index contributed by atoms with van der Waals surface area (Å²) in [6.45, 7) is 0. The summed E-state index contributed by atoms with van der Waals surface area (Å²) in [6.07, 6.45) is -1.99. The van der Waals surface area contributed by atoms with E-state index in [1.807, 2.05) is 12.1 Å². The number of hydrogen-bond donors (Lipinski definition) is 1. The third-order valence-electron chi connectivity index (χ3n) is 3.16. The summed E-state index contributed by atoms with van der Waals surface area (Å²) in [6, 6.07) is 7.72. The molecule has 0 fully saturated rings. The van der Waals surface area contributed by atoms with Gasteiger partial charge in [-0.25, -0.2) is 4.39 Å². The van der Waals surface area contributed by atoms with Gasteiger partial charge in [0.2, 0.25) is 0 Å². The zero-order valence-electron chi connectivity index (χ0n) is 11.1. The van der Waals surface area contributed by atoms with E-state index in [-0.39, 0.29) is 0 Å². The number of hydrogen-bond acceptors (Lipinski definition) is 2. The van der Waals surface area contributed by atoms with Crippen molar-refractivity contribution in [1.82, 2.24) is 4.98 Å². The van der Waals surface area contributed by atoms with Gasteiger partial charge in [0.25, 0.3) is 0 Å². The maximum atomic E-state index is 13.5. The molecule has 1 heterocycles. The zero-order chi connectivity index (χ0) is 15.5. The minimum absolute atomic E-state index is 0.344. The summed E-state index contributed by atoms with van der Waals surface area (Å²) in [4.78, 5) is 4.13. The van der Waals surface area contributed by atoms with E-state index in [0.717, 1.165) is 17.8 Å². The van der Waals surface area contributed by atoms with E-state index < -0.39 is 23.6 Å². The first-order valence-electron chi connectivity index (χ1n) is 6.40. The molecule has 21 heavy (non-hydrogen) atoms. The first-order valence-corrected chi connectivity index (χ1v) is 6.40. The normalized spacial score (nSPS) is 13.2. The second-order valence-electron chi connectivity index (χ2n) is 4.70. The van der Waals surface area contributed by atoms with E-state index in [9.17, 15) is 17.6 Å². The summed E-state index contributed by atoms with van der Waals surface area (Å²) in [7, 11) is 0. The van der Waals surface area contributed by atoms with Crippen molar-refractivity contribution in [3.05, 3.63) is 65.2 Å². The molecule has 1 aromatic heterocycles. The van der Waals surface area contributed by atoms with Gasteiger partial charge in [-0.2, -0.15) is 13.2 Å². The molecule has 1 atom stereocenters. The molecule has 0 amide bonds. The fourth-order valence-corrected chi connectivity index (χ4v) is 2.01. The van der Waals surface area contributed by atoms with Gasteiger partial charge in [-0.3, -0.25) is 4.98 Å². The molecule has 2 N–H and O–H groups in total. The second kappa shape index (κ2) is 6.22. The Morgan fingerprint density at radius 1 is 1.14 bits per heavy atom. The van der Waals surface area contributed by atoms with E-state index in [4.69, 9.17) is 5.73 Å². The minimum atomic E-state index is -4.69. The van der Waals surface area contributed by atoms with Crippen molar-refractivity contribution in [2.45, 2.75) is 25.1 Å². The highest BCUT2D eigenvalue weighted by molar-refractivity contribution is 5.28. The molecule has 2 aromatic rings. The van der Waals surface area contributed by atoms with Gasteiger partial charge in [-0.05, 0) is 42.7 Å². The number of rotatable bonds is 4. The first kappa shape index (κ1) is 15.4. The number of benzene rings is 1. The zero-order valence-corrected chi connectivity index (χ0v) is 11.1. The molecule has 0 aliphatic carbocycles. The Morgan fingerprint density at radius 3 is 2.48 bits per heavy atom. The van der Waals surface area contributed by atoms with Crippen LogP contribution in [0.15, 0.2) is 42.6 Å². The molecule has 0 saturated heterocycles. The fraction of sp³-hybridized carbons (Fsp3) is 0.267. The molecule has 0 radical (unpaired) electrons. The summed E-state index contributed by atoms with van der Waals surface area (Å²) < 4.78 is 50.9. The van der Waals surface area contributed by atoms with Crippen LogP contribution in [0.2, 0.25) is 0 Å². The standard InChI is InChI=1S/C15H14F4N2/c16-13-9-10(4-6-12(13)15(17,18)19)14(20)7-5-11-3-1-2-8-21-11/h1-4,6,8-9,14H,5,7,20H2. The quantitative estimate of drug-likeness (QED) is 0.870. The van der Waals surface area contributed by atoms with Crippen molar-refractivity contribution >= 4 is 0 Å². The monoisotopic (exact) mass is 298 g/mol. The predicted octanol–water partition coefficient (Wildman–Crippen LogP) is 3.87. The largest absolute Gasteiger partial charge is 0.419 e. The molecule has 0 bridgehead atoms. The Bertz CT molecular complexity index is 596. The summed E-state index contributed by atoms with van der Waals surface area (Å²) in [5.74, 6) is -1.30. The number of alkyl halides is 3. The summed E-state index contributed by atoms with van der Waals surface area (Å²) >= 11 is 0. The Labute approximate surface area is 119 Å². The van der Waals surface area contributed by atoms with E-state index >= 15 is 0 Å². The number of pyridine rings is 1. The van der Waals surface area contributed by atoms with Gasteiger partial charge >= 0.3 is 6.18 Å². The van der Waals surface area contributed by atoms with Crippen LogP contribution in [-0.2, 0) is 12.6 Å². The highest BCUT2D eigenvalue weighted by atomic mass is 19.4. The molecular formula is C15H14F4N2. The molecule has 112 valence electrons. The molecular weight excluding hydrogens is 284 g/mol. The lowest BCUT2D eigenvalue weighted by molar-refractivity contribution is -0.140. The van der Waals surface area contributed by atoms with E-state index in [2.05, 4.69) is 4.98 Å². The van der Waals surface area contributed by atoms with Crippen LogP contribution in [0.1, 0.15) is 29.3 Å². The smallest absolute Gasteiger partial charge is 0.324 e. The number of nitrogens with zero attached hydrogens (tertiary/aromatic N) is 1. The van der Waals surface area contributed by atoms with Crippen molar-refractivity contribution in [2.75, 3.05) is 0 Å². The molecule has 6 heteroatoms. The van der Waals surface area contributed by atoms with Crippen LogP contribution in [0.3, 0.4) is 0 Å². The van der Waals surface area contributed by atoms with E-state index in [1.54, 1.807) is 12.3 Å². The summed E-state index contributed by atoms with van der Waals surface area (Å²) in [5.41, 5.74) is 5.80. The van der Waals surface area contributed by atoms with Gasteiger partial charge < -0.3 is 5.73 Å². The van der Waals surface area contributed by atoms with Gasteiger partial charge in [0.15, 0.2) is 0 Å². The van der Waals surface area contributed by atoms with Crippen molar-refractivity contribution < 1.29 is 17.6 Å². The van der Waals surface area contributed by atoms with Crippen molar-refractivity contribution in [1.29, 1.82) is 0 Å². The Morgan fingerprint density at radius 2 is 1.90 bits per heavy atom. The van der Waals surface area contributed by atoms with E-state index in [0.29, 0.717) is 18.4 Å². The van der Waals surface area contributed by atoms with Gasteiger partial charge in [-0.15, -0.1) is 0 Å². The van der Waals surface area contributed by atoms with Crippen LogP contribution in [0.4, 0.5) is 17.6 Å². The fourth-order valence-electron chi connectivity index (χ4n) is 2.01. The third-order valence-corrected chi connectivity index (χ3v) is 3.16. The number of aryl methyl sites for hydroxylation is 1. The van der Waals surface area contributed by atoms with Crippen LogP contribution in [0.25, 0.3) is 0 Å². The van der Waals surface area contributed by atoms with Crippen LogP contribution < -0.4 is 5.73 Å². The lowest BCUT2D eigenvalue weighted by Gasteiger charge is -2.14. The molecule has 0 spiro atoms. The second-order valence-corrected chi connectivity index (χ2v) is 4.70. The Hall–Kier alpha value is -1.95. The minimum Gasteiger partial charge on any atom is -0.324 e. The predicted molar refractivity (Wildman–Crippen MR) is 70.9 cm³/mol. The molecule has 2 rings (SSSR count). The molecule has 1 unspecified atom stereocenters. The Balaban J connectivity index is 2.06. The van der Waals surface area contributed by atoms with Crippen LogP contribution in [0, 0.1) is 5.82 Å². The molecule has 0 aliphatic rings.